The van der Waals surface area contributed by atoms with Crippen LogP contribution >= 0.6 is 0 Å². The molecule has 36 heavy (non-hydrogen) atoms. The molecule has 1 aliphatic carbocycles. The summed E-state index contributed by atoms with van der Waals surface area (Å²) < 4.78 is 73.9. The van der Waals surface area contributed by atoms with Crippen molar-refractivity contribution in [2.75, 3.05) is 5.73 Å². The predicted molar refractivity (Wildman–Crippen MR) is 121 cm³/mol. The highest BCUT2D eigenvalue weighted by atomic mass is 32.2. The minimum Gasteiger partial charge on any atom is -0.478 e. The van der Waals surface area contributed by atoms with Crippen molar-refractivity contribution >= 4 is 48.8 Å². The first-order valence-electron chi connectivity index (χ1n) is 9.59. The van der Waals surface area contributed by atoms with E-state index in [0.29, 0.717) is 0 Å². The number of carboxylic acids is 2. The summed E-state index contributed by atoms with van der Waals surface area (Å²) in [6, 6.07) is 7.55. The highest BCUT2D eigenvalue weighted by Gasteiger charge is 2.33. The Kier molecular flexibility index (Phi) is 5.60. The lowest BCUT2D eigenvalue weighted by Gasteiger charge is -2.19. The van der Waals surface area contributed by atoms with Crippen LogP contribution in [0.4, 0.5) is 5.69 Å². The molecular formula is C21H15N2O11S2+. The number of hydrogen-bond acceptors (Lipinski definition) is 8. The lowest BCUT2D eigenvalue weighted by atomic mass is 9.89. The van der Waals surface area contributed by atoms with Crippen LogP contribution in [-0.4, -0.2) is 48.1 Å². The molecule has 8 N–H and O–H groups in total. The van der Waals surface area contributed by atoms with Crippen molar-refractivity contribution in [3.63, 3.8) is 0 Å². The maximum atomic E-state index is 12.2. The minimum atomic E-state index is -5.11. The van der Waals surface area contributed by atoms with E-state index in [-0.39, 0.29) is 27.6 Å². The van der Waals surface area contributed by atoms with Crippen LogP contribution in [-0.2, 0) is 20.2 Å². The van der Waals surface area contributed by atoms with Crippen LogP contribution in [0.3, 0.4) is 0 Å². The molecule has 0 atom stereocenters. The molecule has 2 aromatic rings. The third kappa shape index (κ3) is 3.95. The Morgan fingerprint density at radius 2 is 1.47 bits per heavy atom. The zero-order valence-corrected chi connectivity index (χ0v) is 19.3. The molecule has 186 valence electrons. The largest absolute Gasteiger partial charge is 0.478 e. The first kappa shape index (κ1) is 24.8. The Morgan fingerprint density at radius 1 is 0.833 bits per heavy atom. The Morgan fingerprint density at radius 3 is 2.03 bits per heavy atom. The summed E-state index contributed by atoms with van der Waals surface area (Å²) in [5.41, 5.74) is 3.09. The number of carboxylic acid groups (broad SMARTS) is 2. The van der Waals surface area contributed by atoms with Crippen LogP contribution in [0.25, 0.3) is 33.4 Å². The Bertz CT molecular complexity index is 1870. The van der Waals surface area contributed by atoms with Gasteiger partial charge >= 0.3 is 22.1 Å². The van der Waals surface area contributed by atoms with E-state index >= 15 is 0 Å². The first-order chi connectivity index (χ1) is 16.6. The number of rotatable bonds is 5. The van der Waals surface area contributed by atoms with Gasteiger partial charge in [0.15, 0.2) is 16.2 Å². The molecule has 0 saturated carbocycles. The standard InChI is InChI=1S/C21H14N2O11S2/c22-13-5-3-10-15(12-7-8(20(24)25)1-2-9(12)21(26)27)11-4-6-14(23)19(36(31,32)33)17(11)34-16(10)18(13)35(28,29)30/h1-7,22H,23H2,(H,24,25)(H,26,27)(H,28,29,30)(H,31,32,33)/p+1. The molecule has 0 amide bonds. The Hall–Kier alpha value is -4.31. The van der Waals surface area contributed by atoms with Gasteiger partial charge in [0, 0.05) is 22.6 Å². The van der Waals surface area contributed by atoms with E-state index in [2.05, 4.69) is 0 Å². The second-order valence-corrected chi connectivity index (χ2v) is 10.2. The second kappa shape index (κ2) is 8.13. The summed E-state index contributed by atoms with van der Waals surface area (Å²) in [6.45, 7) is 0. The van der Waals surface area contributed by atoms with Crippen LogP contribution in [0.1, 0.15) is 20.7 Å². The summed E-state index contributed by atoms with van der Waals surface area (Å²) in [6.07, 6.45) is 0. The van der Waals surface area contributed by atoms with Gasteiger partial charge < -0.3 is 20.4 Å². The van der Waals surface area contributed by atoms with Crippen molar-refractivity contribution < 1.29 is 55.6 Å². The fourth-order valence-electron chi connectivity index (χ4n) is 3.89. The van der Waals surface area contributed by atoms with Gasteiger partial charge in [0.25, 0.3) is 10.1 Å². The molecule has 15 heteroatoms. The van der Waals surface area contributed by atoms with Crippen LogP contribution in [0.2, 0.25) is 0 Å². The van der Waals surface area contributed by atoms with Crippen LogP contribution in [0, 0.1) is 0 Å². The number of carbonyl (C=O) groups is 2. The predicted octanol–water partition coefficient (Wildman–Crippen LogP) is 0.336. The average molecular weight is 535 g/mol. The third-order valence-electron chi connectivity index (χ3n) is 5.31. The van der Waals surface area contributed by atoms with Crippen LogP contribution in [0.5, 0.6) is 0 Å². The smallest absolute Gasteiger partial charge is 0.336 e. The summed E-state index contributed by atoms with van der Waals surface area (Å²) in [7, 11) is -10.2. The molecule has 0 spiro atoms. The molecule has 0 fully saturated rings. The SMILES string of the molecule is Nc1ccc2c(-c3cc(C(=O)O)ccc3C(=O)O)c3ccc(=[NH2+])c(S(=O)(=O)O)c-3oc2c1S(=O)(=O)O. The molecule has 0 radical (unpaired) electrons. The van der Waals surface area contributed by atoms with Crippen molar-refractivity contribution in [1.82, 2.24) is 0 Å². The number of anilines is 1. The zero-order valence-electron chi connectivity index (χ0n) is 17.7. The summed E-state index contributed by atoms with van der Waals surface area (Å²) in [4.78, 5) is 21.7. The Balaban J connectivity index is 2.41. The monoisotopic (exact) mass is 535 g/mol. The van der Waals surface area contributed by atoms with Gasteiger partial charge in [0.1, 0.15) is 0 Å². The molecule has 4 rings (SSSR count). The van der Waals surface area contributed by atoms with Crippen molar-refractivity contribution in [3.05, 3.63) is 58.9 Å². The van der Waals surface area contributed by atoms with Crippen molar-refractivity contribution in [2.24, 2.45) is 0 Å². The summed E-state index contributed by atoms with van der Waals surface area (Å²) in [5, 5.41) is 24.3. The summed E-state index contributed by atoms with van der Waals surface area (Å²) >= 11 is 0. The number of nitrogens with two attached hydrogens (primary N) is 2. The fourth-order valence-corrected chi connectivity index (χ4v) is 5.40. The maximum absolute atomic E-state index is 12.2. The number of nitrogen functional groups attached to an aromatic ring is 1. The molecule has 2 aromatic carbocycles. The quantitative estimate of drug-likeness (QED) is 0.115. The van der Waals surface area contributed by atoms with E-state index in [9.17, 15) is 45.7 Å². The molecule has 0 bridgehead atoms. The van der Waals surface area contributed by atoms with E-state index in [1.165, 1.54) is 12.1 Å². The molecule has 2 aliphatic rings. The summed E-state index contributed by atoms with van der Waals surface area (Å²) in [5.74, 6) is -3.62. The van der Waals surface area contributed by atoms with E-state index in [1.54, 1.807) is 0 Å². The molecule has 0 saturated heterocycles. The first-order valence-corrected chi connectivity index (χ1v) is 12.5. The van der Waals surface area contributed by atoms with Gasteiger partial charge in [0.2, 0.25) is 10.3 Å². The third-order valence-corrected chi connectivity index (χ3v) is 7.18. The van der Waals surface area contributed by atoms with Gasteiger partial charge in [0.05, 0.1) is 16.8 Å². The van der Waals surface area contributed by atoms with Gasteiger partial charge in [-0.1, -0.05) is 0 Å². The molecule has 0 aromatic heterocycles. The number of benzene rings is 3. The molecule has 1 heterocycles. The van der Waals surface area contributed by atoms with E-state index in [0.717, 1.165) is 30.3 Å². The number of aromatic carboxylic acids is 2. The minimum absolute atomic E-state index is 0.180. The molecule has 1 aliphatic heterocycles. The molecule has 13 nitrogen and oxygen atoms in total. The van der Waals surface area contributed by atoms with E-state index in [1.807, 2.05) is 0 Å². The Labute approximate surface area is 201 Å². The van der Waals surface area contributed by atoms with Crippen molar-refractivity contribution in [2.45, 2.75) is 9.79 Å². The average Bonchev–Trinajstić information content (AvgIpc) is 2.74. The highest BCUT2D eigenvalue weighted by molar-refractivity contribution is 7.86. The fraction of sp³-hybridized carbons (Fsp3) is 0. The van der Waals surface area contributed by atoms with E-state index < -0.39 is 69.9 Å². The van der Waals surface area contributed by atoms with Gasteiger partial charge in [-0.25, -0.2) is 9.59 Å². The van der Waals surface area contributed by atoms with Gasteiger partial charge in [-0.15, -0.1) is 0 Å². The van der Waals surface area contributed by atoms with Gasteiger partial charge in [-0.3, -0.25) is 14.5 Å². The maximum Gasteiger partial charge on any atom is 0.336 e. The van der Waals surface area contributed by atoms with Gasteiger partial charge in [-0.2, -0.15) is 16.8 Å². The zero-order chi connectivity index (χ0) is 26.7. The number of hydrogen-bond donors (Lipinski definition) is 6. The van der Waals surface area contributed by atoms with Crippen molar-refractivity contribution in [3.8, 4) is 22.5 Å². The second-order valence-electron chi connectivity index (χ2n) is 7.52. The van der Waals surface area contributed by atoms with Crippen LogP contribution in [0.15, 0.2) is 56.7 Å². The number of fused-ring (bicyclic) bond motifs is 2. The van der Waals surface area contributed by atoms with Gasteiger partial charge in [-0.05, 0) is 42.0 Å². The molecular weight excluding hydrogens is 520 g/mol. The van der Waals surface area contributed by atoms with Crippen LogP contribution < -0.4 is 16.5 Å². The molecule has 0 unspecified atom stereocenters. The van der Waals surface area contributed by atoms with Crippen molar-refractivity contribution in [1.29, 1.82) is 0 Å². The normalized spacial score (nSPS) is 12.2. The van der Waals surface area contributed by atoms with E-state index in [4.69, 9.17) is 15.6 Å². The lowest BCUT2D eigenvalue weighted by Crippen LogP contribution is -2.47. The topological polar surface area (TPSA) is 248 Å². The lowest BCUT2D eigenvalue weighted by molar-refractivity contribution is -0.176. The highest BCUT2D eigenvalue weighted by Crippen LogP contribution is 2.45.